The van der Waals surface area contributed by atoms with Gasteiger partial charge in [-0.3, -0.25) is 4.55 Å². The van der Waals surface area contributed by atoms with Crippen molar-refractivity contribution in [2.45, 2.75) is 19.8 Å². The molecule has 0 saturated heterocycles. The predicted molar refractivity (Wildman–Crippen MR) is 48.6 cm³/mol. The van der Waals surface area contributed by atoms with Crippen molar-refractivity contribution in [1.82, 2.24) is 0 Å². The maximum absolute atomic E-state index is 10.8. The highest BCUT2D eigenvalue weighted by Crippen LogP contribution is 2.26. The smallest absolute Gasteiger partial charge is 0.290 e. The molecule has 1 aliphatic carbocycles. The Bertz CT molecular complexity index is 362. The molecule has 0 radical (unpaired) electrons. The third kappa shape index (κ3) is 2.32. The molecule has 13 heavy (non-hydrogen) atoms. The fourth-order valence-electron chi connectivity index (χ4n) is 1.21. The van der Waals surface area contributed by atoms with E-state index in [0.717, 1.165) is 5.57 Å². The normalized spacial score (nSPS) is 18.5. The second-order valence-corrected chi connectivity index (χ2v) is 4.41. The average Bonchev–Trinajstić information content (AvgIpc) is 2.03. The molecule has 0 fully saturated rings. The van der Waals surface area contributed by atoms with Gasteiger partial charge >= 0.3 is 0 Å². The molecule has 0 spiro atoms. The van der Waals surface area contributed by atoms with Crippen molar-refractivity contribution in [3.05, 3.63) is 22.3 Å². The lowest BCUT2D eigenvalue weighted by molar-refractivity contribution is 0.298. The van der Waals surface area contributed by atoms with Gasteiger partial charge in [0.25, 0.3) is 10.1 Å². The number of rotatable bonds is 2. The lowest BCUT2D eigenvalue weighted by atomic mass is 10.1. The Labute approximate surface area is 77.7 Å². The summed E-state index contributed by atoms with van der Waals surface area (Å²) in [6.07, 6.45) is 2.32. The highest BCUT2D eigenvalue weighted by Gasteiger charge is 2.19. The van der Waals surface area contributed by atoms with Crippen molar-refractivity contribution in [1.29, 1.82) is 0 Å². The Morgan fingerprint density at radius 3 is 2.54 bits per heavy atom. The third-order valence-electron chi connectivity index (χ3n) is 2.01. The third-order valence-corrected chi connectivity index (χ3v) is 2.99. The Morgan fingerprint density at radius 1 is 1.46 bits per heavy atom. The maximum atomic E-state index is 10.8. The fraction of sp³-hybridized carbons (Fsp3) is 0.500. The Kier molecular flexibility index (Phi) is 2.77. The summed E-state index contributed by atoms with van der Waals surface area (Å²) in [5.41, 5.74) is 0.995. The van der Waals surface area contributed by atoms with Gasteiger partial charge in [-0.15, -0.1) is 0 Å². The van der Waals surface area contributed by atoms with Gasteiger partial charge in [0.1, 0.15) is 5.76 Å². The summed E-state index contributed by atoms with van der Waals surface area (Å²) in [5.74, 6) is 0.527. The van der Waals surface area contributed by atoms with Crippen LogP contribution >= 0.6 is 0 Å². The monoisotopic (exact) mass is 204 g/mol. The Morgan fingerprint density at radius 2 is 2.08 bits per heavy atom. The highest BCUT2D eigenvalue weighted by atomic mass is 32.2. The molecule has 0 heterocycles. The molecule has 0 aliphatic heterocycles. The summed E-state index contributed by atoms with van der Waals surface area (Å²) in [6.45, 7) is 1.87. The summed E-state index contributed by atoms with van der Waals surface area (Å²) in [6, 6.07) is 0. The van der Waals surface area contributed by atoms with Gasteiger partial charge in [0.15, 0.2) is 0 Å². The van der Waals surface area contributed by atoms with Crippen LogP contribution in [-0.4, -0.2) is 20.1 Å². The quantitative estimate of drug-likeness (QED) is 0.692. The first-order valence-corrected chi connectivity index (χ1v) is 5.31. The van der Waals surface area contributed by atoms with Crippen molar-refractivity contribution in [3.8, 4) is 0 Å². The van der Waals surface area contributed by atoms with Crippen LogP contribution in [0.2, 0.25) is 0 Å². The summed E-state index contributed by atoms with van der Waals surface area (Å²) < 4.78 is 35.3. The molecule has 0 amide bonds. The number of hydrogen-bond donors (Lipinski definition) is 1. The molecule has 74 valence electrons. The molecule has 1 aliphatic rings. The van der Waals surface area contributed by atoms with Crippen LogP contribution in [0, 0.1) is 0 Å². The topological polar surface area (TPSA) is 63.6 Å². The first kappa shape index (κ1) is 10.3. The van der Waals surface area contributed by atoms with E-state index in [4.69, 9.17) is 9.29 Å². The van der Waals surface area contributed by atoms with Gasteiger partial charge in [-0.1, -0.05) is 0 Å². The molecule has 0 saturated carbocycles. The predicted octanol–water partition coefficient (Wildman–Crippen LogP) is 1.47. The zero-order chi connectivity index (χ0) is 10.1. The van der Waals surface area contributed by atoms with E-state index in [-0.39, 0.29) is 4.91 Å². The lowest BCUT2D eigenvalue weighted by Gasteiger charge is -2.14. The van der Waals surface area contributed by atoms with Crippen LogP contribution in [0.1, 0.15) is 19.8 Å². The van der Waals surface area contributed by atoms with Gasteiger partial charge in [-0.25, -0.2) is 0 Å². The van der Waals surface area contributed by atoms with Gasteiger partial charge in [-0.2, -0.15) is 8.42 Å². The summed E-state index contributed by atoms with van der Waals surface area (Å²) in [5, 5.41) is 0. The van der Waals surface area contributed by atoms with Crippen LogP contribution < -0.4 is 0 Å². The maximum Gasteiger partial charge on any atom is 0.290 e. The van der Waals surface area contributed by atoms with Crippen molar-refractivity contribution < 1.29 is 17.7 Å². The molecule has 0 bridgehead atoms. The first-order chi connectivity index (χ1) is 5.95. The van der Waals surface area contributed by atoms with E-state index in [1.54, 1.807) is 0 Å². The SMILES string of the molecule is COC1=C(C)CCC(S(=O)(=O)O)=C1. The Hall–Kier alpha value is -0.810. The molecule has 1 rings (SSSR count). The molecule has 5 heteroatoms. The molecular weight excluding hydrogens is 192 g/mol. The lowest BCUT2D eigenvalue weighted by Crippen LogP contribution is -2.07. The minimum absolute atomic E-state index is 0.0231. The number of allylic oxidation sites excluding steroid dienone is 3. The molecule has 0 aromatic heterocycles. The zero-order valence-electron chi connectivity index (χ0n) is 7.57. The van der Waals surface area contributed by atoms with Crippen LogP contribution in [0.15, 0.2) is 22.3 Å². The molecule has 0 aromatic rings. The number of methoxy groups -OCH3 is 1. The largest absolute Gasteiger partial charge is 0.497 e. The molecule has 0 unspecified atom stereocenters. The van der Waals surface area contributed by atoms with Gasteiger partial charge in [-0.05, 0) is 31.4 Å². The number of ether oxygens (including phenoxy) is 1. The average molecular weight is 204 g/mol. The molecule has 0 aromatic carbocycles. The summed E-state index contributed by atoms with van der Waals surface area (Å²) >= 11 is 0. The zero-order valence-corrected chi connectivity index (χ0v) is 8.39. The van der Waals surface area contributed by atoms with Crippen molar-refractivity contribution in [3.63, 3.8) is 0 Å². The van der Waals surface area contributed by atoms with E-state index in [0.29, 0.717) is 18.6 Å². The van der Waals surface area contributed by atoms with Gasteiger partial charge in [0.05, 0.1) is 12.0 Å². The van der Waals surface area contributed by atoms with Crippen LogP contribution in [0.3, 0.4) is 0 Å². The molecule has 0 atom stereocenters. The van der Waals surface area contributed by atoms with Crippen LogP contribution in [-0.2, 0) is 14.9 Å². The first-order valence-electron chi connectivity index (χ1n) is 3.87. The van der Waals surface area contributed by atoms with Crippen molar-refractivity contribution >= 4 is 10.1 Å². The van der Waals surface area contributed by atoms with E-state index < -0.39 is 10.1 Å². The van der Waals surface area contributed by atoms with Crippen molar-refractivity contribution in [2.24, 2.45) is 0 Å². The second kappa shape index (κ2) is 3.51. The fourth-order valence-corrected chi connectivity index (χ4v) is 1.83. The van der Waals surface area contributed by atoms with E-state index in [1.807, 2.05) is 6.92 Å². The molecule has 4 nitrogen and oxygen atoms in total. The summed E-state index contributed by atoms with van der Waals surface area (Å²) in [7, 11) is -2.57. The van der Waals surface area contributed by atoms with Gasteiger partial charge in [0, 0.05) is 0 Å². The second-order valence-electron chi connectivity index (χ2n) is 2.93. The summed E-state index contributed by atoms with van der Waals surface area (Å²) in [4.78, 5) is 0.0231. The standard InChI is InChI=1S/C8H12O4S/c1-6-3-4-7(13(9,10)11)5-8(6)12-2/h5H,3-4H2,1-2H3,(H,9,10,11). The van der Waals surface area contributed by atoms with E-state index >= 15 is 0 Å². The minimum Gasteiger partial charge on any atom is -0.497 e. The minimum atomic E-state index is -4.05. The number of hydrogen-bond acceptors (Lipinski definition) is 3. The van der Waals surface area contributed by atoms with E-state index in [1.165, 1.54) is 13.2 Å². The Balaban J connectivity index is 3.07. The van der Waals surface area contributed by atoms with Gasteiger partial charge < -0.3 is 4.74 Å². The highest BCUT2D eigenvalue weighted by molar-refractivity contribution is 7.89. The van der Waals surface area contributed by atoms with Crippen LogP contribution in [0.25, 0.3) is 0 Å². The van der Waals surface area contributed by atoms with Crippen LogP contribution in [0.4, 0.5) is 0 Å². The van der Waals surface area contributed by atoms with Crippen LogP contribution in [0.5, 0.6) is 0 Å². The van der Waals surface area contributed by atoms with E-state index in [9.17, 15) is 8.42 Å². The van der Waals surface area contributed by atoms with Gasteiger partial charge in [0.2, 0.25) is 0 Å². The molecule has 1 N–H and O–H groups in total. The van der Waals surface area contributed by atoms with Crippen molar-refractivity contribution in [2.75, 3.05) is 7.11 Å². The molecular formula is C8H12O4S. The van der Waals surface area contributed by atoms with E-state index in [2.05, 4.69) is 0 Å².